The van der Waals surface area contributed by atoms with Gasteiger partial charge < -0.3 is 10.3 Å². The van der Waals surface area contributed by atoms with E-state index in [1.807, 2.05) is 13.8 Å². The average molecular weight is 264 g/mol. The smallest absolute Gasteiger partial charge is 0.329 e. The van der Waals surface area contributed by atoms with Gasteiger partial charge in [-0.15, -0.1) is 0 Å². The molecule has 1 aromatic heterocycles. The maximum atomic E-state index is 12.4. The van der Waals surface area contributed by atoms with Gasteiger partial charge in [-0.3, -0.25) is 4.90 Å². The lowest BCUT2D eigenvalue weighted by atomic mass is 9.99. The summed E-state index contributed by atoms with van der Waals surface area (Å²) in [5.74, 6) is -1.41. The maximum Gasteiger partial charge on any atom is 0.471 e. The first kappa shape index (κ1) is 13.3. The predicted octanol–water partition coefficient (Wildman–Crippen LogP) is 1.36. The molecule has 0 bridgehead atoms. The molecule has 0 spiro atoms. The van der Waals surface area contributed by atoms with Crippen LogP contribution in [0.4, 0.5) is 13.2 Å². The van der Waals surface area contributed by atoms with Crippen LogP contribution in [0.25, 0.3) is 0 Å². The fourth-order valence-corrected chi connectivity index (χ4v) is 2.03. The molecule has 2 heterocycles. The predicted molar refractivity (Wildman–Crippen MR) is 56.5 cm³/mol. The summed E-state index contributed by atoms with van der Waals surface area (Å²) in [5, 5.41) is 3.37. The van der Waals surface area contributed by atoms with Gasteiger partial charge in [-0.2, -0.15) is 18.2 Å². The third kappa shape index (κ3) is 2.35. The number of nitrogens with two attached hydrogens (primary N) is 1. The van der Waals surface area contributed by atoms with E-state index >= 15 is 0 Å². The van der Waals surface area contributed by atoms with Crippen molar-refractivity contribution in [1.29, 1.82) is 0 Å². The molecule has 0 radical (unpaired) electrons. The lowest BCUT2D eigenvalue weighted by molar-refractivity contribution is -0.159. The molecule has 2 N–H and O–H groups in total. The number of hydrogen-bond donors (Lipinski definition) is 1. The third-order valence-electron chi connectivity index (χ3n) is 3.17. The summed E-state index contributed by atoms with van der Waals surface area (Å²) in [6.07, 6.45) is -4.11. The highest BCUT2D eigenvalue weighted by Crippen LogP contribution is 2.32. The second-order valence-corrected chi connectivity index (χ2v) is 4.89. The highest BCUT2D eigenvalue weighted by Gasteiger charge is 2.44. The van der Waals surface area contributed by atoms with Crippen LogP contribution in [0.1, 0.15) is 32.0 Å². The molecule has 1 unspecified atom stereocenters. The highest BCUT2D eigenvalue weighted by molar-refractivity contribution is 5.10. The van der Waals surface area contributed by atoms with E-state index in [4.69, 9.17) is 5.73 Å². The minimum Gasteiger partial charge on any atom is -0.329 e. The van der Waals surface area contributed by atoms with Crippen LogP contribution in [0.5, 0.6) is 0 Å². The molecule has 8 heteroatoms. The Kier molecular flexibility index (Phi) is 3.10. The summed E-state index contributed by atoms with van der Waals surface area (Å²) in [7, 11) is 0. The first-order valence-corrected chi connectivity index (χ1v) is 5.67. The Hall–Kier alpha value is -1.15. The Morgan fingerprint density at radius 1 is 1.44 bits per heavy atom. The van der Waals surface area contributed by atoms with E-state index in [1.165, 1.54) is 0 Å². The summed E-state index contributed by atoms with van der Waals surface area (Å²) in [6.45, 7) is 5.15. The minimum atomic E-state index is -4.63. The van der Waals surface area contributed by atoms with Crippen molar-refractivity contribution in [2.24, 2.45) is 5.73 Å². The van der Waals surface area contributed by atoms with Crippen molar-refractivity contribution < 1.29 is 17.7 Å². The van der Waals surface area contributed by atoms with E-state index in [-0.39, 0.29) is 11.9 Å². The SMILES string of the molecule is CC(C)N1CCC(N)(c2noc(C(F)(F)F)n2)C1. The molecular formula is C10H15F3N4O. The van der Waals surface area contributed by atoms with E-state index in [0.717, 1.165) is 0 Å². The van der Waals surface area contributed by atoms with Gasteiger partial charge >= 0.3 is 12.1 Å². The summed E-state index contributed by atoms with van der Waals surface area (Å²) in [6, 6.07) is 0.282. The Morgan fingerprint density at radius 3 is 2.56 bits per heavy atom. The number of aromatic nitrogens is 2. The number of alkyl halides is 3. The number of nitrogens with zero attached hydrogens (tertiary/aromatic N) is 3. The zero-order valence-electron chi connectivity index (χ0n) is 10.2. The van der Waals surface area contributed by atoms with Crippen LogP contribution < -0.4 is 5.73 Å². The summed E-state index contributed by atoms with van der Waals surface area (Å²) in [4.78, 5) is 5.45. The van der Waals surface area contributed by atoms with Gasteiger partial charge in [-0.1, -0.05) is 5.16 Å². The molecule has 1 aromatic rings. The van der Waals surface area contributed by atoms with Gasteiger partial charge in [-0.25, -0.2) is 0 Å². The van der Waals surface area contributed by atoms with E-state index in [1.54, 1.807) is 0 Å². The molecule has 0 aromatic carbocycles. The molecular weight excluding hydrogens is 249 g/mol. The Balaban J connectivity index is 2.19. The average Bonchev–Trinajstić information content (AvgIpc) is 2.82. The number of hydrogen-bond acceptors (Lipinski definition) is 5. The van der Waals surface area contributed by atoms with E-state index < -0.39 is 17.6 Å². The Bertz CT molecular complexity index is 431. The van der Waals surface area contributed by atoms with Crippen LogP contribution in [-0.4, -0.2) is 34.2 Å². The van der Waals surface area contributed by atoms with Gasteiger partial charge in [0, 0.05) is 19.1 Å². The van der Waals surface area contributed by atoms with Gasteiger partial charge in [-0.05, 0) is 20.3 Å². The van der Waals surface area contributed by atoms with Crippen LogP contribution in [0.2, 0.25) is 0 Å². The van der Waals surface area contributed by atoms with Crippen molar-refractivity contribution in [2.45, 2.75) is 38.0 Å². The maximum absolute atomic E-state index is 12.4. The minimum absolute atomic E-state index is 0.0713. The topological polar surface area (TPSA) is 68.2 Å². The van der Waals surface area contributed by atoms with E-state index in [9.17, 15) is 13.2 Å². The molecule has 1 atom stereocenters. The number of likely N-dealkylation sites (tertiary alicyclic amines) is 1. The largest absolute Gasteiger partial charge is 0.471 e. The molecule has 0 amide bonds. The lowest BCUT2D eigenvalue weighted by Crippen LogP contribution is -2.42. The van der Waals surface area contributed by atoms with Crippen molar-refractivity contribution >= 4 is 0 Å². The second-order valence-electron chi connectivity index (χ2n) is 4.89. The van der Waals surface area contributed by atoms with Crippen molar-refractivity contribution in [3.8, 4) is 0 Å². The molecule has 1 fully saturated rings. The van der Waals surface area contributed by atoms with Gasteiger partial charge in [0.15, 0.2) is 5.82 Å². The fourth-order valence-electron chi connectivity index (χ4n) is 2.03. The van der Waals surface area contributed by atoms with Crippen molar-refractivity contribution in [3.63, 3.8) is 0 Å². The van der Waals surface area contributed by atoms with Crippen molar-refractivity contribution in [2.75, 3.05) is 13.1 Å². The zero-order valence-corrected chi connectivity index (χ0v) is 10.2. The molecule has 1 aliphatic rings. The van der Waals surface area contributed by atoms with Crippen molar-refractivity contribution in [1.82, 2.24) is 15.0 Å². The fraction of sp³-hybridized carbons (Fsp3) is 0.800. The Morgan fingerprint density at radius 2 is 2.11 bits per heavy atom. The molecule has 18 heavy (non-hydrogen) atoms. The molecule has 0 aliphatic carbocycles. The molecule has 102 valence electrons. The van der Waals surface area contributed by atoms with Crippen LogP contribution >= 0.6 is 0 Å². The Labute approximate surface area is 102 Å². The molecule has 0 saturated carbocycles. The van der Waals surface area contributed by atoms with Gasteiger partial charge in [0.25, 0.3) is 0 Å². The lowest BCUT2D eigenvalue weighted by Gasteiger charge is -2.23. The first-order valence-electron chi connectivity index (χ1n) is 5.67. The summed E-state index contributed by atoms with van der Waals surface area (Å²) in [5.41, 5.74) is 5.11. The quantitative estimate of drug-likeness (QED) is 0.873. The van der Waals surface area contributed by atoms with Gasteiger partial charge in [0.2, 0.25) is 0 Å². The van der Waals surface area contributed by atoms with Crippen LogP contribution in [0, 0.1) is 0 Å². The van der Waals surface area contributed by atoms with Gasteiger partial charge in [0.1, 0.15) is 0 Å². The highest BCUT2D eigenvalue weighted by atomic mass is 19.4. The third-order valence-corrected chi connectivity index (χ3v) is 3.17. The summed E-state index contributed by atoms with van der Waals surface area (Å²) >= 11 is 0. The monoisotopic (exact) mass is 264 g/mol. The standard InChI is InChI=1S/C10H15F3N4O/c1-6(2)17-4-3-9(14,5-17)7-15-8(18-16-7)10(11,12)13/h6H,3-5,14H2,1-2H3. The second kappa shape index (κ2) is 4.20. The molecule has 2 rings (SSSR count). The van der Waals surface area contributed by atoms with Crippen LogP contribution in [-0.2, 0) is 11.7 Å². The van der Waals surface area contributed by atoms with E-state index in [2.05, 4.69) is 19.6 Å². The molecule has 1 aliphatic heterocycles. The molecule has 1 saturated heterocycles. The number of halogens is 3. The van der Waals surface area contributed by atoms with Crippen molar-refractivity contribution in [3.05, 3.63) is 11.7 Å². The normalized spacial score (nSPS) is 26.2. The van der Waals surface area contributed by atoms with Gasteiger partial charge in [0.05, 0.1) is 5.54 Å². The van der Waals surface area contributed by atoms with E-state index in [0.29, 0.717) is 19.5 Å². The van der Waals surface area contributed by atoms with Crippen LogP contribution in [0.3, 0.4) is 0 Å². The summed E-state index contributed by atoms with van der Waals surface area (Å²) < 4.78 is 41.3. The van der Waals surface area contributed by atoms with Crippen LogP contribution in [0.15, 0.2) is 4.52 Å². The zero-order chi connectivity index (χ0) is 13.6. The first-order chi connectivity index (χ1) is 8.22. The molecule has 5 nitrogen and oxygen atoms in total. The number of rotatable bonds is 2.